The number of aromatic nitrogens is 1. The van der Waals surface area contributed by atoms with E-state index in [-0.39, 0.29) is 28.5 Å². The van der Waals surface area contributed by atoms with Crippen LogP contribution >= 0.6 is 11.6 Å². The minimum Gasteiger partial charge on any atom is -0.444 e. The van der Waals surface area contributed by atoms with E-state index in [9.17, 15) is 9.59 Å². The van der Waals surface area contributed by atoms with E-state index in [1.54, 1.807) is 20.8 Å². The van der Waals surface area contributed by atoms with Crippen LogP contribution in [0, 0.1) is 11.8 Å². The predicted octanol–water partition coefficient (Wildman–Crippen LogP) is 1.40. The van der Waals surface area contributed by atoms with E-state index in [2.05, 4.69) is 16.8 Å². The summed E-state index contributed by atoms with van der Waals surface area (Å²) in [5, 5.41) is 0.0392. The van der Waals surface area contributed by atoms with Crippen molar-refractivity contribution < 1.29 is 19.1 Å². The average Bonchev–Trinajstić information content (AvgIpc) is 2.53. The third kappa shape index (κ3) is 5.00. The summed E-state index contributed by atoms with van der Waals surface area (Å²) in [6.45, 7) is 6.36. The highest BCUT2D eigenvalue weighted by molar-refractivity contribution is 6.35. The third-order valence-corrected chi connectivity index (χ3v) is 3.78. The number of nitrogens with zero attached hydrogens (tertiary/aromatic N) is 2. The summed E-state index contributed by atoms with van der Waals surface area (Å²) >= 11 is 6.13. The van der Waals surface area contributed by atoms with Gasteiger partial charge in [0.1, 0.15) is 17.5 Å². The molecule has 1 aromatic rings. The Kier molecular flexibility index (Phi) is 5.95. The lowest BCUT2D eigenvalue weighted by Gasteiger charge is -2.32. The number of carbonyl (C=O) groups is 2. The van der Waals surface area contributed by atoms with Gasteiger partial charge in [0.05, 0.1) is 29.3 Å². The van der Waals surface area contributed by atoms with Gasteiger partial charge in [0.15, 0.2) is 0 Å². The molecular formula is C17H21ClN4O4. The van der Waals surface area contributed by atoms with Crippen LogP contribution in [0.2, 0.25) is 5.02 Å². The first kappa shape index (κ1) is 19.8. The fourth-order valence-corrected chi connectivity index (χ4v) is 2.46. The highest BCUT2D eigenvalue weighted by Gasteiger charge is 2.27. The lowest BCUT2D eigenvalue weighted by molar-refractivity contribution is -0.0236. The number of nitrogen functional groups attached to an aromatic ring is 1. The molecule has 26 heavy (non-hydrogen) atoms. The van der Waals surface area contributed by atoms with E-state index in [0.717, 1.165) is 0 Å². The van der Waals surface area contributed by atoms with Gasteiger partial charge in [-0.3, -0.25) is 4.79 Å². The third-order valence-electron chi connectivity index (χ3n) is 3.39. The van der Waals surface area contributed by atoms with Crippen LogP contribution < -0.4 is 11.5 Å². The number of halogens is 1. The zero-order valence-electron chi connectivity index (χ0n) is 14.8. The van der Waals surface area contributed by atoms with Crippen molar-refractivity contribution >= 4 is 29.4 Å². The van der Waals surface area contributed by atoms with Gasteiger partial charge in [0.2, 0.25) is 0 Å². The number of nitrogens with two attached hydrogens (primary N) is 2. The molecule has 1 aromatic heterocycles. The molecular weight excluding hydrogens is 360 g/mol. The first-order chi connectivity index (χ1) is 12.1. The molecule has 0 bridgehead atoms. The molecule has 1 atom stereocenters. The van der Waals surface area contributed by atoms with Gasteiger partial charge in [-0.15, -0.1) is 0 Å². The number of primary amides is 1. The molecule has 0 saturated carbocycles. The highest BCUT2D eigenvalue weighted by atomic mass is 35.5. The zero-order valence-corrected chi connectivity index (χ0v) is 15.6. The number of amides is 2. The number of anilines is 1. The van der Waals surface area contributed by atoms with E-state index in [1.807, 2.05) is 0 Å². The van der Waals surface area contributed by atoms with Crippen molar-refractivity contribution in [1.29, 1.82) is 0 Å². The quantitative estimate of drug-likeness (QED) is 0.710. The number of pyridine rings is 1. The minimum absolute atomic E-state index is 0.0325. The van der Waals surface area contributed by atoms with Gasteiger partial charge in [-0.1, -0.05) is 23.4 Å². The normalized spacial score (nSPS) is 17.2. The molecule has 0 radical (unpaired) electrons. The molecule has 0 spiro atoms. The van der Waals surface area contributed by atoms with Crippen molar-refractivity contribution in [2.24, 2.45) is 5.73 Å². The highest BCUT2D eigenvalue weighted by Crippen LogP contribution is 2.23. The van der Waals surface area contributed by atoms with Gasteiger partial charge in [-0.25, -0.2) is 9.78 Å². The van der Waals surface area contributed by atoms with Gasteiger partial charge in [0, 0.05) is 12.7 Å². The summed E-state index contributed by atoms with van der Waals surface area (Å²) in [5.41, 5.74) is 10.7. The molecule has 2 heterocycles. The molecule has 1 unspecified atom stereocenters. The first-order valence-electron chi connectivity index (χ1n) is 7.93. The van der Waals surface area contributed by atoms with Gasteiger partial charge >= 0.3 is 6.09 Å². The van der Waals surface area contributed by atoms with Gasteiger partial charge in [-0.05, 0) is 20.8 Å². The molecule has 8 nitrogen and oxygen atoms in total. The summed E-state index contributed by atoms with van der Waals surface area (Å²) in [6, 6.07) is 0. The van der Waals surface area contributed by atoms with Crippen LogP contribution in [0.3, 0.4) is 0 Å². The monoisotopic (exact) mass is 380 g/mol. The molecule has 140 valence electrons. The predicted molar refractivity (Wildman–Crippen MR) is 96.6 cm³/mol. The number of ether oxygens (including phenoxy) is 2. The fourth-order valence-electron chi connectivity index (χ4n) is 2.17. The van der Waals surface area contributed by atoms with Crippen LogP contribution in [-0.4, -0.2) is 53.3 Å². The Balaban J connectivity index is 2.16. The molecule has 2 amide bonds. The maximum absolute atomic E-state index is 12.2. The van der Waals surface area contributed by atoms with Gasteiger partial charge < -0.3 is 25.8 Å². The Hall–Kier alpha value is -2.50. The molecule has 1 aliphatic rings. The second-order valence-corrected chi connectivity index (χ2v) is 7.04. The maximum Gasteiger partial charge on any atom is 0.410 e. The fraction of sp³-hybridized carbons (Fsp3) is 0.471. The molecule has 2 rings (SSSR count). The number of rotatable bonds is 1. The largest absolute Gasteiger partial charge is 0.444 e. The average molecular weight is 381 g/mol. The number of morpholine rings is 1. The van der Waals surface area contributed by atoms with Crippen LogP contribution in [0.5, 0.6) is 0 Å². The smallest absolute Gasteiger partial charge is 0.410 e. The topological polar surface area (TPSA) is 121 Å². The molecule has 4 N–H and O–H groups in total. The standard InChI is InChI=1S/C17H21ClN4O4/c1-17(2,3)26-16(24)22-6-7-25-10(9-22)4-5-11-13(18)12(15(20)23)8-21-14(11)19/h8,10H,6-7,9H2,1-3H3,(H2,19,21)(H2,20,23). The Labute approximate surface area is 156 Å². The van der Waals surface area contributed by atoms with E-state index >= 15 is 0 Å². The van der Waals surface area contributed by atoms with E-state index < -0.39 is 23.7 Å². The Morgan fingerprint density at radius 1 is 1.46 bits per heavy atom. The molecule has 1 aliphatic heterocycles. The maximum atomic E-state index is 12.2. The lowest BCUT2D eigenvalue weighted by Crippen LogP contribution is -2.47. The number of hydrogen-bond acceptors (Lipinski definition) is 6. The summed E-state index contributed by atoms with van der Waals surface area (Å²) in [6.07, 6.45) is 0.221. The molecule has 9 heteroatoms. The van der Waals surface area contributed by atoms with Crippen molar-refractivity contribution in [2.75, 3.05) is 25.4 Å². The van der Waals surface area contributed by atoms with Crippen LogP contribution in [0.25, 0.3) is 0 Å². The van der Waals surface area contributed by atoms with Crippen molar-refractivity contribution in [3.63, 3.8) is 0 Å². The van der Waals surface area contributed by atoms with Gasteiger partial charge in [0.25, 0.3) is 5.91 Å². The Bertz CT molecular complexity index is 779. The first-order valence-corrected chi connectivity index (χ1v) is 8.31. The van der Waals surface area contributed by atoms with E-state index in [1.165, 1.54) is 11.1 Å². The molecule has 1 saturated heterocycles. The molecule has 0 aliphatic carbocycles. The zero-order chi connectivity index (χ0) is 19.5. The second kappa shape index (κ2) is 7.81. The second-order valence-electron chi connectivity index (χ2n) is 6.67. The summed E-state index contributed by atoms with van der Waals surface area (Å²) in [4.78, 5) is 28.9. The van der Waals surface area contributed by atoms with Crippen molar-refractivity contribution in [2.45, 2.75) is 32.5 Å². The Morgan fingerprint density at radius 3 is 2.77 bits per heavy atom. The molecule has 1 fully saturated rings. The van der Waals surface area contributed by atoms with Crippen molar-refractivity contribution in [1.82, 2.24) is 9.88 Å². The summed E-state index contributed by atoms with van der Waals surface area (Å²) in [5.74, 6) is 4.98. The van der Waals surface area contributed by atoms with Crippen LogP contribution in [-0.2, 0) is 9.47 Å². The summed E-state index contributed by atoms with van der Waals surface area (Å²) in [7, 11) is 0. The molecule has 0 aromatic carbocycles. The van der Waals surface area contributed by atoms with Gasteiger partial charge in [-0.2, -0.15) is 0 Å². The number of hydrogen-bond donors (Lipinski definition) is 2. The van der Waals surface area contributed by atoms with Crippen molar-refractivity contribution in [3.8, 4) is 11.8 Å². The minimum atomic E-state index is -0.726. The Morgan fingerprint density at radius 2 is 2.15 bits per heavy atom. The number of carbonyl (C=O) groups excluding carboxylic acids is 2. The van der Waals surface area contributed by atoms with Crippen LogP contribution in [0.1, 0.15) is 36.7 Å². The van der Waals surface area contributed by atoms with Crippen molar-refractivity contribution in [3.05, 3.63) is 22.3 Å². The summed E-state index contributed by atoms with van der Waals surface area (Å²) < 4.78 is 10.9. The lowest BCUT2D eigenvalue weighted by atomic mass is 10.1. The van der Waals surface area contributed by atoms with Crippen LogP contribution in [0.4, 0.5) is 10.6 Å². The van der Waals surface area contributed by atoms with E-state index in [4.69, 9.17) is 32.5 Å². The van der Waals surface area contributed by atoms with E-state index in [0.29, 0.717) is 13.2 Å². The van der Waals surface area contributed by atoms with Crippen LogP contribution in [0.15, 0.2) is 6.20 Å². The SMILES string of the molecule is CC(C)(C)OC(=O)N1CCOC(C#Cc2c(N)ncc(C(N)=O)c2Cl)C1.